The highest BCUT2D eigenvalue weighted by Crippen LogP contribution is 2.44. The summed E-state index contributed by atoms with van der Waals surface area (Å²) in [5.41, 5.74) is 7.67. The SMILES string of the molecule is Nc1oc(-c2cccnc2)c(O)c1-c1cccc(Cl)c1. The molecule has 0 bridgehead atoms. The summed E-state index contributed by atoms with van der Waals surface area (Å²) in [5.74, 6) is 0.423. The zero-order valence-corrected chi connectivity index (χ0v) is 11.1. The summed E-state index contributed by atoms with van der Waals surface area (Å²) in [5, 5.41) is 10.9. The van der Waals surface area contributed by atoms with Crippen molar-refractivity contribution in [2.75, 3.05) is 5.73 Å². The van der Waals surface area contributed by atoms with E-state index in [1.54, 1.807) is 48.8 Å². The summed E-state index contributed by atoms with van der Waals surface area (Å²) in [6, 6.07) is 10.6. The summed E-state index contributed by atoms with van der Waals surface area (Å²) >= 11 is 5.96. The van der Waals surface area contributed by atoms with Crippen LogP contribution in [0, 0.1) is 0 Å². The molecule has 1 aromatic carbocycles. The average Bonchev–Trinajstić information content (AvgIpc) is 2.75. The van der Waals surface area contributed by atoms with Crippen LogP contribution in [-0.4, -0.2) is 10.1 Å². The van der Waals surface area contributed by atoms with Crippen LogP contribution in [-0.2, 0) is 0 Å². The van der Waals surface area contributed by atoms with E-state index < -0.39 is 0 Å². The van der Waals surface area contributed by atoms with Gasteiger partial charge in [0.05, 0.1) is 5.56 Å². The largest absolute Gasteiger partial charge is 0.504 e. The van der Waals surface area contributed by atoms with Crippen molar-refractivity contribution in [2.24, 2.45) is 0 Å². The van der Waals surface area contributed by atoms with Crippen molar-refractivity contribution in [1.82, 2.24) is 4.98 Å². The number of anilines is 1. The Kier molecular flexibility index (Phi) is 3.08. The van der Waals surface area contributed by atoms with Crippen molar-refractivity contribution >= 4 is 17.5 Å². The lowest BCUT2D eigenvalue weighted by Crippen LogP contribution is -1.84. The van der Waals surface area contributed by atoms with Crippen molar-refractivity contribution in [3.8, 4) is 28.2 Å². The van der Waals surface area contributed by atoms with E-state index in [9.17, 15) is 5.11 Å². The van der Waals surface area contributed by atoms with Gasteiger partial charge in [0.15, 0.2) is 11.5 Å². The highest BCUT2D eigenvalue weighted by molar-refractivity contribution is 6.30. The number of rotatable bonds is 2. The second-order valence-electron chi connectivity index (χ2n) is 4.27. The van der Waals surface area contributed by atoms with Crippen LogP contribution in [0.5, 0.6) is 5.75 Å². The maximum atomic E-state index is 10.4. The van der Waals surface area contributed by atoms with Gasteiger partial charge in [0.2, 0.25) is 5.88 Å². The first-order chi connectivity index (χ1) is 9.66. The molecule has 2 heterocycles. The number of nitrogens with two attached hydrogens (primary N) is 1. The summed E-state index contributed by atoms with van der Waals surface area (Å²) in [4.78, 5) is 3.99. The molecule has 0 saturated carbocycles. The fourth-order valence-corrected chi connectivity index (χ4v) is 2.25. The topological polar surface area (TPSA) is 72.3 Å². The Hall–Kier alpha value is -2.46. The van der Waals surface area contributed by atoms with Crippen molar-refractivity contribution in [2.45, 2.75) is 0 Å². The maximum absolute atomic E-state index is 10.4. The number of hydrogen-bond acceptors (Lipinski definition) is 4. The van der Waals surface area contributed by atoms with Gasteiger partial charge in [0, 0.05) is 23.0 Å². The molecule has 0 atom stereocenters. The van der Waals surface area contributed by atoms with Gasteiger partial charge < -0.3 is 15.3 Å². The standard InChI is InChI=1S/C15H11ClN2O2/c16-11-5-1-3-9(7-11)12-13(19)14(20-15(12)17)10-4-2-6-18-8-10/h1-8,19H,17H2. The van der Waals surface area contributed by atoms with Gasteiger partial charge in [-0.2, -0.15) is 0 Å². The summed E-state index contributed by atoms with van der Waals surface area (Å²) in [6.45, 7) is 0. The number of nitrogen functional groups attached to an aromatic ring is 1. The van der Waals surface area contributed by atoms with E-state index in [4.69, 9.17) is 21.8 Å². The Morgan fingerprint density at radius 2 is 1.95 bits per heavy atom. The number of pyridine rings is 1. The van der Waals surface area contributed by atoms with Crippen LogP contribution in [0.2, 0.25) is 5.02 Å². The van der Waals surface area contributed by atoms with Crippen molar-refractivity contribution in [3.63, 3.8) is 0 Å². The normalized spacial score (nSPS) is 10.7. The second-order valence-corrected chi connectivity index (χ2v) is 4.71. The average molecular weight is 287 g/mol. The molecular weight excluding hydrogens is 276 g/mol. The third-order valence-corrected chi connectivity index (χ3v) is 3.18. The van der Waals surface area contributed by atoms with E-state index in [-0.39, 0.29) is 11.6 Å². The number of furan rings is 1. The molecule has 0 fully saturated rings. The van der Waals surface area contributed by atoms with Gasteiger partial charge in [-0.05, 0) is 29.8 Å². The quantitative estimate of drug-likeness (QED) is 0.748. The molecule has 0 unspecified atom stereocenters. The van der Waals surface area contributed by atoms with Crippen LogP contribution in [0.1, 0.15) is 0 Å². The molecule has 100 valence electrons. The highest BCUT2D eigenvalue weighted by Gasteiger charge is 2.20. The summed E-state index contributed by atoms with van der Waals surface area (Å²) in [7, 11) is 0. The lowest BCUT2D eigenvalue weighted by molar-refractivity contribution is 0.467. The fourth-order valence-electron chi connectivity index (χ4n) is 2.06. The zero-order valence-electron chi connectivity index (χ0n) is 10.4. The smallest absolute Gasteiger partial charge is 0.202 e. The van der Waals surface area contributed by atoms with E-state index in [0.29, 0.717) is 27.5 Å². The molecule has 20 heavy (non-hydrogen) atoms. The fraction of sp³-hybridized carbons (Fsp3) is 0. The van der Waals surface area contributed by atoms with Gasteiger partial charge >= 0.3 is 0 Å². The molecule has 0 aliphatic heterocycles. The first-order valence-corrected chi connectivity index (χ1v) is 6.32. The monoisotopic (exact) mass is 286 g/mol. The first kappa shape index (κ1) is 12.6. The Bertz CT molecular complexity index is 754. The maximum Gasteiger partial charge on any atom is 0.202 e. The molecule has 2 aromatic heterocycles. The number of aromatic nitrogens is 1. The van der Waals surface area contributed by atoms with Crippen LogP contribution < -0.4 is 5.73 Å². The Morgan fingerprint density at radius 3 is 2.65 bits per heavy atom. The van der Waals surface area contributed by atoms with Gasteiger partial charge in [-0.1, -0.05) is 23.7 Å². The number of hydrogen-bond donors (Lipinski definition) is 2. The molecule has 3 rings (SSSR count). The van der Waals surface area contributed by atoms with E-state index in [0.717, 1.165) is 0 Å². The number of halogens is 1. The van der Waals surface area contributed by atoms with E-state index in [1.165, 1.54) is 0 Å². The minimum Gasteiger partial charge on any atom is -0.504 e. The molecule has 0 spiro atoms. The molecular formula is C15H11ClN2O2. The van der Waals surface area contributed by atoms with Crippen molar-refractivity contribution in [1.29, 1.82) is 0 Å². The minimum atomic E-state index is -0.0160. The van der Waals surface area contributed by atoms with Crippen LogP contribution in [0.15, 0.2) is 53.2 Å². The van der Waals surface area contributed by atoms with Gasteiger partial charge in [0.1, 0.15) is 0 Å². The van der Waals surface area contributed by atoms with Gasteiger partial charge in [-0.25, -0.2) is 0 Å². The van der Waals surface area contributed by atoms with Gasteiger partial charge in [0.25, 0.3) is 0 Å². The minimum absolute atomic E-state index is 0.0160. The molecule has 3 aromatic rings. The molecule has 3 N–H and O–H groups in total. The second kappa shape index (κ2) is 4.90. The Morgan fingerprint density at radius 1 is 1.15 bits per heavy atom. The van der Waals surface area contributed by atoms with Crippen LogP contribution >= 0.6 is 11.6 Å². The summed E-state index contributed by atoms with van der Waals surface area (Å²) in [6.07, 6.45) is 3.24. The third-order valence-electron chi connectivity index (χ3n) is 2.95. The predicted molar refractivity (Wildman–Crippen MR) is 78.5 cm³/mol. The van der Waals surface area contributed by atoms with Gasteiger partial charge in [-0.15, -0.1) is 0 Å². The molecule has 0 radical (unpaired) electrons. The van der Waals surface area contributed by atoms with Crippen LogP contribution in [0.4, 0.5) is 5.88 Å². The zero-order chi connectivity index (χ0) is 14.1. The Labute approximate surface area is 120 Å². The van der Waals surface area contributed by atoms with E-state index in [2.05, 4.69) is 4.98 Å². The molecule has 0 aliphatic carbocycles. The third kappa shape index (κ3) is 2.10. The summed E-state index contributed by atoms with van der Waals surface area (Å²) < 4.78 is 5.47. The number of nitrogens with zero attached hydrogens (tertiary/aromatic N) is 1. The predicted octanol–water partition coefficient (Wildman–Crippen LogP) is 3.95. The molecule has 0 aliphatic rings. The Balaban J connectivity index is 2.17. The highest BCUT2D eigenvalue weighted by atomic mass is 35.5. The lowest BCUT2D eigenvalue weighted by atomic mass is 10.1. The van der Waals surface area contributed by atoms with E-state index in [1.807, 2.05) is 0 Å². The molecule has 0 amide bonds. The van der Waals surface area contributed by atoms with Crippen LogP contribution in [0.3, 0.4) is 0 Å². The number of aromatic hydroxyl groups is 1. The number of benzene rings is 1. The van der Waals surface area contributed by atoms with Crippen molar-refractivity contribution < 1.29 is 9.52 Å². The molecule has 5 heteroatoms. The van der Waals surface area contributed by atoms with Gasteiger partial charge in [-0.3, -0.25) is 4.98 Å². The molecule has 4 nitrogen and oxygen atoms in total. The lowest BCUT2D eigenvalue weighted by Gasteiger charge is -2.01. The molecule has 0 saturated heterocycles. The van der Waals surface area contributed by atoms with E-state index >= 15 is 0 Å². The van der Waals surface area contributed by atoms with Crippen molar-refractivity contribution in [3.05, 3.63) is 53.8 Å². The van der Waals surface area contributed by atoms with Crippen LogP contribution in [0.25, 0.3) is 22.5 Å². The first-order valence-electron chi connectivity index (χ1n) is 5.94.